The molecule has 50 heavy (non-hydrogen) atoms. The van der Waals surface area contributed by atoms with Crippen molar-refractivity contribution in [3.8, 4) is 5.69 Å². The number of nitrogens with zero attached hydrogens (tertiary/aromatic N) is 2. The Hall–Kier alpha value is -5.54. The third-order valence-electron chi connectivity index (χ3n) is 9.74. The predicted molar refractivity (Wildman–Crippen MR) is 218 cm³/mol. The molecular weight excluding hydrogens is 607 g/mol. The Morgan fingerprint density at radius 2 is 1.18 bits per heavy atom. The van der Waals surface area contributed by atoms with Crippen molar-refractivity contribution in [1.29, 1.82) is 0 Å². The molecule has 1 heterocycles. The van der Waals surface area contributed by atoms with Crippen LogP contribution in [0.1, 0.15) is 69.1 Å². The Bertz CT molecular complexity index is 2180. The summed E-state index contributed by atoms with van der Waals surface area (Å²) >= 11 is 0. The molecule has 3 nitrogen and oxygen atoms in total. The smallest absolute Gasteiger partial charge is 0.0542 e. The molecule has 3 heteroatoms. The number of benzene rings is 6. The lowest BCUT2D eigenvalue weighted by molar-refractivity contribution is 0.665. The molecule has 0 saturated heterocycles. The molecule has 0 unspecified atom stereocenters. The van der Waals surface area contributed by atoms with Gasteiger partial charge in [-0.3, -0.25) is 0 Å². The zero-order chi connectivity index (χ0) is 34.3. The van der Waals surface area contributed by atoms with Crippen molar-refractivity contribution in [2.24, 2.45) is 0 Å². The second-order valence-electron chi connectivity index (χ2n) is 13.3. The first-order valence-electron chi connectivity index (χ1n) is 18.2. The molecule has 0 saturated carbocycles. The van der Waals surface area contributed by atoms with Crippen LogP contribution in [-0.4, -0.2) is 11.1 Å². The maximum atomic E-state index is 3.66. The number of anilines is 4. The molecule has 0 radical (unpaired) electrons. The molecule has 0 bridgehead atoms. The summed E-state index contributed by atoms with van der Waals surface area (Å²) in [6, 6.07) is 52.9. The van der Waals surface area contributed by atoms with Crippen LogP contribution in [0, 0.1) is 0 Å². The molecule has 1 N–H and O–H groups in total. The van der Waals surface area contributed by atoms with Gasteiger partial charge in [-0.05, 0) is 114 Å². The summed E-state index contributed by atoms with van der Waals surface area (Å²) in [4.78, 5) is 2.33. The SMILES string of the molecule is CCCCNc1ccc2c(c1)c1cc([C@@H](C)CCC)ccc1n2-c1ccc(N(c2ccccc2)c2ccc(/C=C/c3ccccc3)cc2)cc1. The summed E-state index contributed by atoms with van der Waals surface area (Å²) in [5, 5.41) is 6.27. The highest BCUT2D eigenvalue weighted by atomic mass is 15.1. The average Bonchev–Trinajstić information content (AvgIpc) is 3.49. The minimum atomic E-state index is 0.533. The highest BCUT2D eigenvalue weighted by molar-refractivity contribution is 6.10. The van der Waals surface area contributed by atoms with Crippen LogP contribution in [0.4, 0.5) is 22.7 Å². The van der Waals surface area contributed by atoms with E-state index >= 15 is 0 Å². The van der Waals surface area contributed by atoms with E-state index in [1.807, 2.05) is 6.07 Å². The van der Waals surface area contributed by atoms with Gasteiger partial charge in [0.15, 0.2) is 0 Å². The van der Waals surface area contributed by atoms with Gasteiger partial charge in [0.1, 0.15) is 0 Å². The van der Waals surface area contributed by atoms with Crippen molar-refractivity contribution in [3.05, 3.63) is 162 Å². The molecule has 0 aliphatic heterocycles. The van der Waals surface area contributed by atoms with E-state index in [1.165, 1.54) is 69.9 Å². The van der Waals surface area contributed by atoms with E-state index in [9.17, 15) is 0 Å². The van der Waals surface area contributed by atoms with Crippen LogP contribution in [0.15, 0.2) is 146 Å². The number of aromatic nitrogens is 1. The molecule has 250 valence electrons. The maximum absolute atomic E-state index is 3.66. The second-order valence-corrected chi connectivity index (χ2v) is 13.3. The summed E-state index contributed by atoms with van der Waals surface area (Å²) in [6.07, 6.45) is 9.06. The zero-order valence-electron chi connectivity index (χ0n) is 29.5. The lowest BCUT2D eigenvalue weighted by Gasteiger charge is -2.26. The summed E-state index contributed by atoms with van der Waals surface area (Å²) in [5.41, 5.74) is 12.0. The lowest BCUT2D eigenvalue weighted by atomic mass is 9.95. The Morgan fingerprint density at radius 1 is 0.600 bits per heavy atom. The van der Waals surface area contributed by atoms with Crippen molar-refractivity contribution < 1.29 is 0 Å². The third kappa shape index (κ3) is 7.09. The van der Waals surface area contributed by atoms with Crippen LogP contribution in [0.2, 0.25) is 0 Å². The van der Waals surface area contributed by atoms with Crippen molar-refractivity contribution in [2.45, 2.75) is 52.4 Å². The number of fused-ring (bicyclic) bond motifs is 3. The van der Waals surface area contributed by atoms with Gasteiger partial charge in [0.2, 0.25) is 0 Å². The number of nitrogens with one attached hydrogen (secondary N) is 1. The van der Waals surface area contributed by atoms with Crippen molar-refractivity contribution in [3.63, 3.8) is 0 Å². The van der Waals surface area contributed by atoms with E-state index in [-0.39, 0.29) is 0 Å². The quantitative estimate of drug-likeness (QED) is 0.0987. The average molecular weight is 654 g/mol. The van der Waals surface area contributed by atoms with Gasteiger partial charge in [-0.2, -0.15) is 0 Å². The summed E-state index contributed by atoms with van der Waals surface area (Å²) < 4.78 is 2.43. The number of para-hydroxylation sites is 1. The molecule has 0 amide bonds. The van der Waals surface area contributed by atoms with Crippen molar-refractivity contribution in [2.75, 3.05) is 16.8 Å². The molecule has 6 aromatic carbocycles. The first-order valence-corrected chi connectivity index (χ1v) is 18.2. The Morgan fingerprint density at radius 3 is 1.84 bits per heavy atom. The molecule has 0 aliphatic rings. The van der Waals surface area contributed by atoms with Gasteiger partial charge in [-0.1, -0.05) is 112 Å². The van der Waals surface area contributed by atoms with Crippen LogP contribution in [0.25, 0.3) is 39.6 Å². The highest BCUT2D eigenvalue weighted by Gasteiger charge is 2.17. The van der Waals surface area contributed by atoms with Crippen LogP contribution in [-0.2, 0) is 0 Å². The minimum Gasteiger partial charge on any atom is -0.385 e. The first kappa shape index (κ1) is 33.0. The number of unbranched alkanes of at least 4 members (excludes halogenated alkanes) is 1. The van der Waals surface area contributed by atoms with Crippen LogP contribution < -0.4 is 10.2 Å². The molecule has 1 aromatic heterocycles. The molecule has 1 atom stereocenters. The molecule has 7 aromatic rings. The summed E-state index contributed by atoms with van der Waals surface area (Å²) in [7, 11) is 0. The molecule has 7 rings (SSSR count). The number of hydrogen-bond donors (Lipinski definition) is 1. The predicted octanol–water partition coefficient (Wildman–Crippen LogP) is 13.5. The number of rotatable bonds is 13. The summed E-state index contributed by atoms with van der Waals surface area (Å²) in [5.74, 6) is 0.533. The van der Waals surface area contributed by atoms with E-state index in [1.54, 1.807) is 0 Å². The van der Waals surface area contributed by atoms with Gasteiger partial charge in [0, 0.05) is 45.8 Å². The second kappa shape index (κ2) is 15.3. The first-order chi connectivity index (χ1) is 24.6. The van der Waals surface area contributed by atoms with Gasteiger partial charge in [0.25, 0.3) is 0 Å². The monoisotopic (exact) mass is 653 g/mol. The van der Waals surface area contributed by atoms with Crippen LogP contribution in [0.5, 0.6) is 0 Å². The van der Waals surface area contributed by atoms with Gasteiger partial charge in [0.05, 0.1) is 11.0 Å². The van der Waals surface area contributed by atoms with Crippen molar-refractivity contribution >= 4 is 56.7 Å². The topological polar surface area (TPSA) is 20.2 Å². The maximum Gasteiger partial charge on any atom is 0.0542 e. The van der Waals surface area contributed by atoms with Gasteiger partial charge in [-0.25, -0.2) is 0 Å². The fourth-order valence-corrected chi connectivity index (χ4v) is 7.01. The zero-order valence-corrected chi connectivity index (χ0v) is 29.5. The molecule has 0 spiro atoms. The minimum absolute atomic E-state index is 0.533. The molecule has 0 fully saturated rings. The van der Waals surface area contributed by atoms with E-state index in [0.29, 0.717) is 5.92 Å². The third-order valence-corrected chi connectivity index (χ3v) is 9.74. The summed E-state index contributed by atoms with van der Waals surface area (Å²) in [6.45, 7) is 7.86. The standard InChI is InChI=1S/C47H47N3/c1-4-6-32-48-39-23-31-47-45(34-39)44-33-38(35(3)13-5-2)22-30-46(44)50(47)43-28-26-42(27-29-43)49(40-16-11-8-12-17-40)41-24-20-37(21-25-41)19-18-36-14-9-7-10-15-36/h7-12,14-31,33-35,48H,4-6,13,32H2,1-3H3/b19-18+/t35-/m0/s1. The van der Waals surface area contributed by atoms with E-state index in [2.05, 4.69) is 187 Å². The van der Waals surface area contributed by atoms with E-state index < -0.39 is 0 Å². The fraction of sp³-hybridized carbons (Fsp3) is 0.191. The van der Waals surface area contributed by atoms with Gasteiger partial charge >= 0.3 is 0 Å². The van der Waals surface area contributed by atoms with Gasteiger partial charge < -0.3 is 14.8 Å². The largest absolute Gasteiger partial charge is 0.385 e. The Kier molecular flexibility index (Phi) is 10.1. The Labute approximate surface area is 297 Å². The van der Waals surface area contributed by atoms with Crippen LogP contribution >= 0.6 is 0 Å². The number of hydrogen-bond acceptors (Lipinski definition) is 2. The lowest BCUT2D eigenvalue weighted by Crippen LogP contribution is -2.10. The highest BCUT2D eigenvalue weighted by Crippen LogP contribution is 2.38. The fourth-order valence-electron chi connectivity index (χ4n) is 7.01. The van der Waals surface area contributed by atoms with E-state index in [4.69, 9.17) is 0 Å². The van der Waals surface area contributed by atoms with E-state index in [0.717, 1.165) is 29.3 Å². The molecule has 0 aliphatic carbocycles. The molecular formula is C47H47N3. The Balaban J connectivity index is 1.26. The van der Waals surface area contributed by atoms with Crippen LogP contribution in [0.3, 0.4) is 0 Å². The van der Waals surface area contributed by atoms with Gasteiger partial charge in [-0.15, -0.1) is 0 Å². The normalized spacial score (nSPS) is 12.1. The van der Waals surface area contributed by atoms with Crippen molar-refractivity contribution in [1.82, 2.24) is 4.57 Å².